The fourth-order valence-electron chi connectivity index (χ4n) is 4.16. The van der Waals surface area contributed by atoms with Crippen molar-refractivity contribution in [3.05, 3.63) is 41.9 Å². The molecule has 1 aromatic carbocycles. The Labute approximate surface area is 199 Å². The van der Waals surface area contributed by atoms with Gasteiger partial charge in [-0.05, 0) is 49.2 Å². The maximum atomic E-state index is 5.67. The summed E-state index contributed by atoms with van der Waals surface area (Å²) < 4.78 is 27.2. The van der Waals surface area contributed by atoms with Crippen molar-refractivity contribution in [2.45, 2.75) is 25.4 Å². The Hall–Kier alpha value is -3.37. The van der Waals surface area contributed by atoms with Crippen LogP contribution in [0.25, 0.3) is 11.4 Å². The van der Waals surface area contributed by atoms with E-state index < -0.39 is 0 Å². The monoisotopic (exact) mass is 469 g/mol. The van der Waals surface area contributed by atoms with Crippen LogP contribution >= 0.6 is 0 Å². The average Bonchev–Trinajstić information content (AvgIpc) is 3.53. The lowest BCUT2D eigenvalue weighted by atomic mass is 10.1. The summed E-state index contributed by atoms with van der Waals surface area (Å²) in [5.74, 6) is 3.78. The Morgan fingerprint density at radius 1 is 1.09 bits per heavy atom. The Bertz CT molecular complexity index is 1050. The minimum Gasteiger partial charge on any atom is -0.493 e. The van der Waals surface area contributed by atoms with Gasteiger partial charge in [-0.15, -0.1) is 0 Å². The quantitative estimate of drug-likeness (QED) is 0.419. The summed E-state index contributed by atoms with van der Waals surface area (Å²) in [6.07, 6.45) is 3.75. The average molecular weight is 470 g/mol. The predicted octanol–water partition coefficient (Wildman–Crippen LogP) is 3.55. The molecule has 4 rings (SSSR count). The topological polar surface area (TPSA) is 104 Å². The first-order valence-electron chi connectivity index (χ1n) is 11.2. The van der Waals surface area contributed by atoms with Crippen LogP contribution in [-0.2, 0) is 11.3 Å². The van der Waals surface area contributed by atoms with Crippen molar-refractivity contribution in [1.82, 2.24) is 20.0 Å². The van der Waals surface area contributed by atoms with Crippen LogP contribution in [0.2, 0.25) is 0 Å². The number of methoxy groups -OCH3 is 4. The van der Waals surface area contributed by atoms with Gasteiger partial charge in [0.1, 0.15) is 5.82 Å². The molecule has 10 nitrogen and oxygen atoms in total. The number of nitrogens with one attached hydrogen (secondary N) is 1. The van der Waals surface area contributed by atoms with Crippen LogP contribution in [0.15, 0.2) is 35.0 Å². The molecule has 1 aliphatic heterocycles. The van der Waals surface area contributed by atoms with Crippen molar-refractivity contribution < 1.29 is 23.5 Å². The fourth-order valence-corrected chi connectivity index (χ4v) is 4.16. The van der Waals surface area contributed by atoms with Crippen molar-refractivity contribution in [3.63, 3.8) is 0 Å². The van der Waals surface area contributed by atoms with Crippen molar-refractivity contribution in [1.29, 1.82) is 0 Å². The van der Waals surface area contributed by atoms with Gasteiger partial charge in [0.05, 0.1) is 34.0 Å². The summed E-state index contributed by atoms with van der Waals surface area (Å²) in [7, 11) is 6.51. The molecule has 1 aliphatic rings. The van der Waals surface area contributed by atoms with Crippen LogP contribution in [0.1, 0.15) is 30.3 Å². The molecule has 0 amide bonds. The maximum absolute atomic E-state index is 5.67. The minimum atomic E-state index is 0.0447. The van der Waals surface area contributed by atoms with Gasteiger partial charge >= 0.3 is 0 Å². The molecule has 0 spiro atoms. The summed E-state index contributed by atoms with van der Waals surface area (Å²) in [4.78, 5) is 11.4. The Kier molecular flexibility index (Phi) is 7.81. The highest BCUT2D eigenvalue weighted by atomic mass is 16.5. The van der Waals surface area contributed by atoms with Crippen LogP contribution in [0, 0.1) is 0 Å². The number of nitrogens with zero attached hydrogens (tertiary/aromatic N) is 4. The lowest BCUT2D eigenvalue weighted by molar-refractivity contribution is 0.200. The third-order valence-corrected chi connectivity index (χ3v) is 5.83. The second-order valence-corrected chi connectivity index (χ2v) is 7.97. The largest absolute Gasteiger partial charge is 0.493 e. The highest BCUT2D eigenvalue weighted by Gasteiger charge is 2.31. The van der Waals surface area contributed by atoms with Gasteiger partial charge in [-0.2, -0.15) is 4.98 Å². The molecular formula is C24H31N5O5. The standard InChI is InChI=1S/C24H31N5O5/c1-30-11-9-25-21-8-7-17(14-26-21)23-27-24(34-28-23)18-6-5-10-29(18)15-16-12-19(31-2)22(33-4)20(13-16)32-3/h7-8,12-14,18H,5-6,9-11,15H2,1-4H3,(H,25,26). The number of hydrogen-bond donors (Lipinski definition) is 1. The smallest absolute Gasteiger partial charge is 0.244 e. The highest BCUT2D eigenvalue weighted by molar-refractivity contribution is 5.55. The van der Waals surface area contributed by atoms with Gasteiger partial charge < -0.3 is 28.8 Å². The molecule has 1 atom stereocenters. The SMILES string of the molecule is COCCNc1ccc(-c2noc(C3CCCN3Cc3cc(OC)c(OC)c(OC)c3)n2)cn1. The van der Waals surface area contributed by atoms with Gasteiger partial charge in [-0.1, -0.05) is 5.16 Å². The molecule has 3 heterocycles. The van der Waals surface area contributed by atoms with Gasteiger partial charge in [0.2, 0.25) is 17.5 Å². The molecule has 182 valence electrons. The molecule has 3 aromatic rings. The van der Waals surface area contributed by atoms with Gasteiger partial charge in [-0.3, -0.25) is 4.90 Å². The zero-order valence-corrected chi connectivity index (χ0v) is 20.0. The number of aromatic nitrogens is 3. The van der Waals surface area contributed by atoms with Gasteiger partial charge in [0.25, 0.3) is 0 Å². The summed E-state index contributed by atoms with van der Waals surface area (Å²) in [6.45, 7) is 2.94. The number of likely N-dealkylation sites (tertiary alicyclic amines) is 1. The Morgan fingerprint density at radius 2 is 1.88 bits per heavy atom. The summed E-state index contributed by atoms with van der Waals surface area (Å²) >= 11 is 0. The second kappa shape index (κ2) is 11.2. The molecule has 0 saturated carbocycles. The van der Waals surface area contributed by atoms with E-state index in [0.29, 0.717) is 48.7 Å². The van der Waals surface area contributed by atoms with Gasteiger partial charge in [-0.25, -0.2) is 4.98 Å². The number of ether oxygens (including phenoxy) is 4. The lowest BCUT2D eigenvalue weighted by Crippen LogP contribution is -2.23. The molecule has 1 saturated heterocycles. The molecular weight excluding hydrogens is 438 g/mol. The Balaban J connectivity index is 1.47. The van der Waals surface area contributed by atoms with Crippen molar-refractivity contribution in [3.8, 4) is 28.6 Å². The van der Waals surface area contributed by atoms with Crippen LogP contribution in [0.3, 0.4) is 0 Å². The van der Waals surface area contributed by atoms with E-state index in [9.17, 15) is 0 Å². The minimum absolute atomic E-state index is 0.0447. The third-order valence-electron chi connectivity index (χ3n) is 5.83. The van der Waals surface area contributed by atoms with Crippen molar-refractivity contribution >= 4 is 5.82 Å². The molecule has 1 N–H and O–H groups in total. The van der Waals surface area contributed by atoms with Crippen LogP contribution in [0.4, 0.5) is 5.82 Å². The van der Waals surface area contributed by atoms with Crippen LogP contribution in [-0.4, -0.2) is 68.2 Å². The molecule has 1 unspecified atom stereocenters. The normalized spacial score (nSPS) is 15.9. The van der Waals surface area contributed by atoms with Crippen LogP contribution in [0.5, 0.6) is 17.2 Å². The van der Waals surface area contributed by atoms with E-state index in [2.05, 4.69) is 25.3 Å². The zero-order valence-electron chi connectivity index (χ0n) is 20.0. The first-order chi connectivity index (χ1) is 16.7. The first kappa shape index (κ1) is 23.8. The predicted molar refractivity (Wildman–Crippen MR) is 126 cm³/mol. The van der Waals surface area contributed by atoms with E-state index in [-0.39, 0.29) is 6.04 Å². The number of benzene rings is 1. The molecule has 10 heteroatoms. The molecule has 0 aliphatic carbocycles. The summed E-state index contributed by atoms with van der Waals surface area (Å²) in [5, 5.41) is 7.40. The van der Waals surface area contributed by atoms with E-state index >= 15 is 0 Å². The summed E-state index contributed by atoms with van der Waals surface area (Å²) in [5.41, 5.74) is 1.86. The number of hydrogen-bond acceptors (Lipinski definition) is 10. The van der Waals surface area contributed by atoms with Crippen LogP contribution < -0.4 is 19.5 Å². The molecule has 34 heavy (non-hydrogen) atoms. The van der Waals surface area contributed by atoms with E-state index in [1.165, 1.54) is 0 Å². The molecule has 0 radical (unpaired) electrons. The molecule has 2 aromatic heterocycles. The zero-order chi connectivity index (χ0) is 23.9. The van der Waals surface area contributed by atoms with E-state index in [4.69, 9.17) is 23.5 Å². The maximum Gasteiger partial charge on any atom is 0.244 e. The van der Waals surface area contributed by atoms with E-state index in [0.717, 1.165) is 36.3 Å². The van der Waals surface area contributed by atoms with Crippen molar-refractivity contribution in [2.24, 2.45) is 0 Å². The van der Waals surface area contributed by atoms with Gasteiger partial charge in [0.15, 0.2) is 11.5 Å². The number of anilines is 1. The van der Waals surface area contributed by atoms with Crippen molar-refractivity contribution in [2.75, 3.05) is 53.5 Å². The Morgan fingerprint density at radius 3 is 2.53 bits per heavy atom. The second-order valence-electron chi connectivity index (χ2n) is 7.97. The number of rotatable bonds is 11. The first-order valence-corrected chi connectivity index (χ1v) is 11.2. The van der Waals surface area contributed by atoms with E-state index in [1.807, 2.05) is 24.3 Å². The third kappa shape index (κ3) is 5.23. The molecule has 0 bridgehead atoms. The summed E-state index contributed by atoms with van der Waals surface area (Å²) in [6, 6.07) is 7.82. The number of pyridine rings is 1. The molecule has 1 fully saturated rings. The fraction of sp³-hybridized carbons (Fsp3) is 0.458. The highest BCUT2D eigenvalue weighted by Crippen LogP contribution is 2.40. The lowest BCUT2D eigenvalue weighted by Gasteiger charge is -2.22. The van der Waals surface area contributed by atoms with E-state index in [1.54, 1.807) is 34.6 Å². The van der Waals surface area contributed by atoms with Gasteiger partial charge in [0, 0.05) is 32.0 Å².